The Bertz CT molecular complexity index is 1260. The van der Waals surface area contributed by atoms with Gasteiger partial charge in [-0.15, -0.1) is 0 Å². The van der Waals surface area contributed by atoms with Crippen molar-refractivity contribution in [3.8, 4) is 5.75 Å². The number of primary sulfonamides is 1. The molecule has 0 saturated heterocycles. The maximum Gasteiger partial charge on any atom is 0.238 e. The molecular formula is C19H21ClN5O4PS. The third-order valence-electron chi connectivity index (χ3n) is 4.24. The van der Waals surface area contributed by atoms with Crippen LogP contribution in [-0.2, 0) is 14.6 Å². The number of aromatic nitrogens is 2. The van der Waals surface area contributed by atoms with E-state index in [1.807, 2.05) is 0 Å². The highest BCUT2D eigenvalue weighted by Gasteiger charge is 2.15. The minimum Gasteiger partial charge on any atom is -0.495 e. The number of halogens is 1. The van der Waals surface area contributed by atoms with Crippen LogP contribution in [0.25, 0.3) is 0 Å². The van der Waals surface area contributed by atoms with E-state index in [2.05, 4.69) is 20.6 Å². The van der Waals surface area contributed by atoms with Crippen molar-refractivity contribution >= 4 is 57.2 Å². The predicted octanol–water partition coefficient (Wildman–Crippen LogP) is 3.52. The summed E-state index contributed by atoms with van der Waals surface area (Å²) in [6.07, 6.45) is 1.42. The van der Waals surface area contributed by atoms with Crippen LogP contribution in [0.1, 0.15) is 0 Å². The van der Waals surface area contributed by atoms with Crippen LogP contribution in [0, 0.1) is 0 Å². The standard InChI is InChI=1S/C19H21ClN5O4PS/c1-29-17-10-13(30(2,3)26)6-9-16(17)24-19-22-11-15(20)18(25-19)23-12-4-7-14(8-5-12)31(21,27)28/h4-11H,1-3H3,(H2,21,27,28)(H2,22,23,24,25). The van der Waals surface area contributed by atoms with Gasteiger partial charge in [0, 0.05) is 11.0 Å². The molecule has 0 bridgehead atoms. The van der Waals surface area contributed by atoms with Crippen LogP contribution < -0.4 is 25.8 Å². The molecule has 31 heavy (non-hydrogen) atoms. The summed E-state index contributed by atoms with van der Waals surface area (Å²) in [5.74, 6) is 1.05. The zero-order valence-corrected chi connectivity index (χ0v) is 19.4. The van der Waals surface area contributed by atoms with E-state index in [4.69, 9.17) is 21.5 Å². The molecule has 1 aromatic heterocycles. The summed E-state index contributed by atoms with van der Waals surface area (Å²) in [6.45, 7) is 3.37. The zero-order chi connectivity index (χ0) is 22.8. The van der Waals surface area contributed by atoms with Gasteiger partial charge in [-0.3, -0.25) is 0 Å². The molecule has 0 atom stereocenters. The van der Waals surface area contributed by atoms with Crippen LogP contribution in [0.2, 0.25) is 5.02 Å². The van der Waals surface area contributed by atoms with Crippen molar-refractivity contribution in [1.29, 1.82) is 0 Å². The number of nitrogens with two attached hydrogens (primary N) is 1. The maximum absolute atomic E-state index is 12.3. The Morgan fingerprint density at radius 3 is 2.35 bits per heavy atom. The van der Waals surface area contributed by atoms with E-state index in [1.165, 1.54) is 25.4 Å². The fourth-order valence-electron chi connectivity index (χ4n) is 2.62. The molecule has 0 aliphatic rings. The first-order chi connectivity index (χ1) is 14.5. The van der Waals surface area contributed by atoms with Crippen LogP contribution in [0.4, 0.5) is 23.1 Å². The summed E-state index contributed by atoms with van der Waals surface area (Å²) < 4.78 is 40.5. The molecule has 2 aromatic carbocycles. The van der Waals surface area contributed by atoms with Crippen molar-refractivity contribution in [2.24, 2.45) is 5.14 Å². The quantitative estimate of drug-likeness (QED) is 0.436. The molecule has 0 fully saturated rings. The van der Waals surface area contributed by atoms with Crippen molar-refractivity contribution in [2.45, 2.75) is 4.90 Å². The van der Waals surface area contributed by atoms with Crippen LogP contribution in [0.5, 0.6) is 5.75 Å². The Morgan fingerprint density at radius 1 is 1.10 bits per heavy atom. The molecule has 0 unspecified atom stereocenters. The number of nitrogens with zero attached hydrogens (tertiary/aromatic N) is 2. The van der Waals surface area contributed by atoms with Crippen molar-refractivity contribution in [3.05, 3.63) is 53.7 Å². The Balaban J connectivity index is 1.85. The number of methoxy groups -OCH3 is 1. The van der Waals surface area contributed by atoms with Crippen LogP contribution in [-0.4, -0.2) is 38.8 Å². The summed E-state index contributed by atoms with van der Waals surface area (Å²) in [6, 6.07) is 11.0. The molecule has 0 radical (unpaired) electrons. The lowest BCUT2D eigenvalue weighted by molar-refractivity contribution is 0.417. The molecule has 3 aromatic rings. The predicted molar refractivity (Wildman–Crippen MR) is 124 cm³/mol. The molecule has 1 heterocycles. The van der Waals surface area contributed by atoms with E-state index >= 15 is 0 Å². The monoisotopic (exact) mass is 481 g/mol. The second kappa shape index (κ2) is 8.84. The van der Waals surface area contributed by atoms with Crippen LogP contribution >= 0.6 is 18.7 Å². The molecule has 0 aliphatic heterocycles. The highest BCUT2D eigenvalue weighted by atomic mass is 35.5. The average Bonchev–Trinajstić information content (AvgIpc) is 2.69. The highest BCUT2D eigenvalue weighted by molar-refractivity contribution is 7.89. The molecule has 0 spiro atoms. The lowest BCUT2D eigenvalue weighted by atomic mass is 10.3. The van der Waals surface area contributed by atoms with Crippen molar-refractivity contribution < 1.29 is 17.7 Å². The number of rotatable bonds is 7. The van der Waals surface area contributed by atoms with Crippen molar-refractivity contribution in [3.63, 3.8) is 0 Å². The van der Waals surface area contributed by atoms with Gasteiger partial charge in [0.25, 0.3) is 0 Å². The van der Waals surface area contributed by atoms with Gasteiger partial charge >= 0.3 is 0 Å². The van der Waals surface area contributed by atoms with Gasteiger partial charge in [-0.25, -0.2) is 18.5 Å². The first kappa shape index (κ1) is 23.0. The van der Waals surface area contributed by atoms with Gasteiger partial charge in [0.05, 0.1) is 23.9 Å². The smallest absolute Gasteiger partial charge is 0.238 e. The second-order valence-corrected chi connectivity index (χ2v) is 12.1. The summed E-state index contributed by atoms with van der Waals surface area (Å²) >= 11 is 6.20. The van der Waals surface area contributed by atoms with Crippen molar-refractivity contribution in [2.75, 3.05) is 31.1 Å². The van der Waals surface area contributed by atoms with E-state index in [0.717, 1.165) is 0 Å². The molecule has 12 heteroatoms. The van der Waals surface area contributed by atoms with E-state index in [0.29, 0.717) is 28.2 Å². The highest BCUT2D eigenvalue weighted by Crippen LogP contribution is 2.38. The fourth-order valence-corrected chi connectivity index (χ4v) is 4.13. The molecule has 0 amide bonds. The summed E-state index contributed by atoms with van der Waals surface area (Å²) in [4.78, 5) is 8.52. The van der Waals surface area contributed by atoms with Gasteiger partial charge in [-0.05, 0) is 55.8 Å². The Labute approximate surface area is 185 Å². The second-order valence-electron chi connectivity index (χ2n) is 6.94. The zero-order valence-electron chi connectivity index (χ0n) is 17.0. The molecule has 3 rings (SSSR count). The summed E-state index contributed by atoms with van der Waals surface area (Å²) in [7, 11) is -4.70. The Morgan fingerprint density at radius 2 is 1.77 bits per heavy atom. The number of hydrogen-bond acceptors (Lipinski definition) is 8. The van der Waals surface area contributed by atoms with E-state index in [1.54, 1.807) is 43.7 Å². The maximum atomic E-state index is 12.3. The Hall–Kier alpha value is -2.65. The summed E-state index contributed by atoms with van der Waals surface area (Å²) in [5, 5.41) is 12.1. The number of nitrogens with one attached hydrogen (secondary N) is 2. The molecule has 9 nitrogen and oxygen atoms in total. The van der Waals surface area contributed by atoms with E-state index in [-0.39, 0.29) is 15.9 Å². The number of sulfonamides is 1. The number of benzene rings is 2. The van der Waals surface area contributed by atoms with Gasteiger partial charge in [0.1, 0.15) is 17.9 Å². The Kier molecular flexibility index (Phi) is 6.56. The topological polar surface area (TPSA) is 136 Å². The molecule has 4 N–H and O–H groups in total. The fraction of sp³-hybridized carbons (Fsp3) is 0.158. The van der Waals surface area contributed by atoms with Crippen LogP contribution in [0.3, 0.4) is 0 Å². The lowest BCUT2D eigenvalue weighted by Gasteiger charge is -2.14. The average molecular weight is 482 g/mol. The molecule has 0 saturated carbocycles. The van der Waals surface area contributed by atoms with Gasteiger partial charge in [-0.2, -0.15) is 4.98 Å². The summed E-state index contributed by atoms with van der Waals surface area (Å²) in [5.41, 5.74) is 1.15. The van der Waals surface area contributed by atoms with Gasteiger partial charge in [-0.1, -0.05) is 11.6 Å². The SMILES string of the molecule is COc1cc(P(C)(C)=O)ccc1Nc1ncc(Cl)c(Nc2ccc(S(N)(=O)=O)cc2)n1. The molecule has 0 aliphatic carbocycles. The van der Waals surface area contributed by atoms with Gasteiger partial charge in [0.2, 0.25) is 16.0 Å². The first-order valence-electron chi connectivity index (χ1n) is 8.90. The van der Waals surface area contributed by atoms with Crippen LogP contribution in [0.15, 0.2) is 53.6 Å². The third-order valence-corrected chi connectivity index (χ3v) is 6.97. The van der Waals surface area contributed by atoms with E-state index < -0.39 is 17.2 Å². The van der Waals surface area contributed by atoms with E-state index in [9.17, 15) is 13.0 Å². The van der Waals surface area contributed by atoms with Gasteiger partial charge < -0.3 is 19.9 Å². The van der Waals surface area contributed by atoms with Gasteiger partial charge in [0.15, 0.2) is 5.82 Å². The largest absolute Gasteiger partial charge is 0.495 e. The normalized spacial score (nSPS) is 11.8. The third kappa shape index (κ3) is 5.74. The molecular weight excluding hydrogens is 461 g/mol. The van der Waals surface area contributed by atoms with Crippen molar-refractivity contribution in [1.82, 2.24) is 9.97 Å². The molecule has 164 valence electrons. The number of anilines is 4. The first-order valence-corrected chi connectivity index (χ1v) is 13.4. The minimum atomic E-state index is -3.78. The number of ether oxygens (including phenoxy) is 1. The number of hydrogen-bond donors (Lipinski definition) is 3. The lowest BCUT2D eigenvalue weighted by Crippen LogP contribution is -2.11. The minimum absolute atomic E-state index is 0.00608.